The zero-order chi connectivity index (χ0) is 19.8. The second-order valence-corrected chi connectivity index (χ2v) is 6.69. The van der Waals surface area contributed by atoms with E-state index in [9.17, 15) is 22.8 Å². The molecule has 0 spiro atoms. The summed E-state index contributed by atoms with van der Waals surface area (Å²) in [5.74, 6) is -0.595. The van der Waals surface area contributed by atoms with E-state index in [1.54, 1.807) is 32.0 Å². The van der Waals surface area contributed by atoms with Crippen LogP contribution in [-0.4, -0.2) is 24.0 Å². The molecule has 3 N–H and O–H groups in total. The maximum absolute atomic E-state index is 13.3. The summed E-state index contributed by atoms with van der Waals surface area (Å²) in [6.07, 6.45) is -4.78. The number of rotatable bonds is 3. The van der Waals surface area contributed by atoms with Crippen LogP contribution in [0.5, 0.6) is 0 Å². The molecule has 0 aromatic heterocycles. The van der Waals surface area contributed by atoms with Gasteiger partial charge in [0, 0.05) is 0 Å². The number of benzene rings is 2. The van der Waals surface area contributed by atoms with Gasteiger partial charge in [-0.15, -0.1) is 0 Å². The predicted octanol–water partition coefficient (Wildman–Crippen LogP) is 2.86. The third-order valence-electron chi connectivity index (χ3n) is 4.62. The summed E-state index contributed by atoms with van der Waals surface area (Å²) >= 11 is 0. The van der Waals surface area contributed by atoms with Gasteiger partial charge in [0.2, 0.25) is 11.8 Å². The van der Waals surface area contributed by atoms with Crippen molar-refractivity contribution < 1.29 is 22.8 Å². The van der Waals surface area contributed by atoms with E-state index < -0.39 is 23.8 Å². The highest BCUT2D eigenvalue weighted by atomic mass is 19.4. The van der Waals surface area contributed by atoms with Crippen LogP contribution < -0.4 is 16.0 Å². The number of hydrogen-bond acceptors (Lipinski definition) is 3. The lowest BCUT2D eigenvalue weighted by Gasteiger charge is -2.29. The van der Waals surface area contributed by atoms with Crippen LogP contribution in [-0.2, 0) is 15.8 Å². The average molecular weight is 379 g/mol. The topological polar surface area (TPSA) is 70.2 Å². The van der Waals surface area contributed by atoms with Gasteiger partial charge in [0.05, 0.1) is 30.2 Å². The first-order valence-corrected chi connectivity index (χ1v) is 8.61. The number of nitrogens with one attached hydrogen (secondary N) is 3. The second-order valence-electron chi connectivity index (χ2n) is 6.69. The van der Waals surface area contributed by atoms with Gasteiger partial charge in [0.15, 0.2) is 0 Å². The zero-order valence-electron chi connectivity index (χ0n) is 14.9. The monoisotopic (exact) mass is 379 g/mol. The summed E-state index contributed by atoms with van der Waals surface area (Å²) in [5, 5.41) is 8.95. The van der Waals surface area contributed by atoms with Crippen LogP contribution in [0.3, 0.4) is 0 Å². The number of fused-ring (bicyclic) bond motifs is 1. The minimum absolute atomic E-state index is 0.0106. The molecule has 1 fully saturated rings. The number of halogens is 3. The van der Waals surface area contributed by atoms with Crippen molar-refractivity contribution in [1.82, 2.24) is 16.0 Å². The molecule has 1 saturated heterocycles. The van der Waals surface area contributed by atoms with Crippen LogP contribution >= 0.6 is 0 Å². The van der Waals surface area contributed by atoms with E-state index in [-0.39, 0.29) is 29.8 Å². The van der Waals surface area contributed by atoms with Crippen LogP contribution in [0.2, 0.25) is 0 Å². The molecule has 0 saturated carbocycles. The highest BCUT2D eigenvalue weighted by molar-refractivity contribution is 5.92. The molecular formula is C19H20F3N3O2. The molecule has 27 heavy (non-hydrogen) atoms. The maximum Gasteiger partial charge on any atom is 0.417 e. The van der Waals surface area contributed by atoms with E-state index in [1.165, 1.54) is 12.1 Å². The number of hydrogen-bond donors (Lipinski definition) is 3. The lowest BCUT2D eigenvalue weighted by Crippen LogP contribution is -2.59. The molecule has 2 aromatic carbocycles. The second kappa shape index (κ2) is 7.19. The molecule has 3 atom stereocenters. The largest absolute Gasteiger partial charge is 0.417 e. The van der Waals surface area contributed by atoms with E-state index in [0.29, 0.717) is 10.9 Å². The third kappa shape index (κ3) is 4.05. The Morgan fingerprint density at radius 2 is 1.85 bits per heavy atom. The number of amides is 2. The van der Waals surface area contributed by atoms with Crippen molar-refractivity contribution in [2.24, 2.45) is 0 Å². The summed E-state index contributed by atoms with van der Waals surface area (Å²) < 4.78 is 39.8. The lowest BCUT2D eigenvalue weighted by molar-refractivity contribution is -0.136. The van der Waals surface area contributed by atoms with Gasteiger partial charge in [-0.25, -0.2) is 0 Å². The van der Waals surface area contributed by atoms with Crippen LogP contribution in [0.25, 0.3) is 10.8 Å². The van der Waals surface area contributed by atoms with E-state index in [4.69, 9.17) is 0 Å². The molecule has 2 amide bonds. The quantitative estimate of drug-likeness (QED) is 0.768. The van der Waals surface area contributed by atoms with Gasteiger partial charge in [0.1, 0.15) is 0 Å². The fraction of sp³-hybridized carbons (Fsp3) is 0.368. The molecule has 3 rings (SSSR count). The van der Waals surface area contributed by atoms with Crippen molar-refractivity contribution in [3.63, 3.8) is 0 Å². The van der Waals surface area contributed by atoms with Crippen LogP contribution in [0, 0.1) is 0 Å². The SMILES string of the molecule is CC1NC(=O)CC(C(=O)N[C@H](C)c2ccc(C(F)(F)F)c3ccccc23)N1. The fourth-order valence-electron chi connectivity index (χ4n) is 3.40. The Morgan fingerprint density at radius 1 is 1.19 bits per heavy atom. The number of alkyl halides is 3. The summed E-state index contributed by atoms with van der Waals surface area (Å²) in [6.45, 7) is 3.43. The summed E-state index contributed by atoms with van der Waals surface area (Å²) in [4.78, 5) is 24.1. The highest BCUT2D eigenvalue weighted by Gasteiger charge is 2.33. The average Bonchev–Trinajstić information content (AvgIpc) is 2.58. The van der Waals surface area contributed by atoms with Gasteiger partial charge >= 0.3 is 6.18 Å². The molecule has 144 valence electrons. The van der Waals surface area contributed by atoms with Gasteiger partial charge in [-0.1, -0.05) is 30.3 Å². The Kier molecular flexibility index (Phi) is 5.10. The van der Waals surface area contributed by atoms with Gasteiger partial charge in [-0.05, 0) is 36.2 Å². The first-order valence-electron chi connectivity index (χ1n) is 8.61. The fourth-order valence-corrected chi connectivity index (χ4v) is 3.40. The Balaban J connectivity index is 1.87. The van der Waals surface area contributed by atoms with Crippen LogP contribution in [0.1, 0.15) is 37.4 Å². The molecule has 0 bridgehead atoms. The Morgan fingerprint density at radius 3 is 2.48 bits per heavy atom. The summed E-state index contributed by atoms with van der Waals surface area (Å²) in [5.41, 5.74) is -0.125. The first kappa shape index (κ1) is 19.2. The highest BCUT2D eigenvalue weighted by Crippen LogP contribution is 2.37. The van der Waals surface area contributed by atoms with Gasteiger partial charge < -0.3 is 10.6 Å². The molecule has 5 nitrogen and oxygen atoms in total. The maximum atomic E-state index is 13.3. The van der Waals surface area contributed by atoms with Crippen molar-refractivity contribution in [3.05, 3.63) is 47.5 Å². The Hall–Kier alpha value is -2.61. The third-order valence-corrected chi connectivity index (χ3v) is 4.62. The molecule has 0 radical (unpaired) electrons. The summed E-state index contributed by atoms with van der Waals surface area (Å²) in [7, 11) is 0. The molecule has 0 aliphatic carbocycles. The smallest absolute Gasteiger partial charge is 0.348 e. The van der Waals surface area contributed by atoms with Crippen LogP contribution in [0.4, 0.5) is 13.2 Å². The Bertz CT molecular complexity index is 882. The predicted molar refractivity (Wildman–Crippen MR) is 94.7 cm³/mol. The molecule has 8 heteroatoms. The van der Waals surface area contributed by atoms with Crippen molar-refractivity contribution in [2.75, 3.05) is 0 Å². The number of carbonyl (C=O) groups excluding carboxylic acids is 2. The van der Waals surface area contributed by atoms with Crippen molar-refractivity contribution >= 4 is 22.6 Å². The van der Waals surface area contributed by atoms with E-state index >= 15 is 0 Å². The Labute approximate surface area is 154 Å². The normalized spacial score (nSPS) is 21.6. The van der Waals surface area contributed by atoms with E-state index in [2.05, 4.69) is 16.0 Å². The van der Waals surface area contributed by atoms with Gasteiger partial charge in [0.25, 0.3) is 0 Å². The van der Waals surface area contributed by atoms with Crippen LogP contribution in [0.15, 0.2) is 36.4 Å². The van der Waals surface area contributed by atoms with Crippen molar-refractivity contribution in [3.8, 4) is 0 Å². The molecule has 1 aliphatic rings. The summed E-state index contributed by atoms with van der Waals surface area (Å²) in [6, 6.07) is 7.46. The molecule has 2 unspecified atom stereocenters. The lowest BCUT2D eigenvalue weighted by atomic mass is 9.95. The van der Waals surface area contributed by atoms with Gasteiger partial charge in [-0.2, -0.15) is 13.2 Å². The first-order chi connectivity index (χ1) is 12.7. The van der Waals surface area contributed by atoms with Crippen molar-refractivity contribution in [2.45, 2.75) is 44.7 Å². The molecule has 1 aliphatic heterocycles. The standard InChI is InChI=1S/C19H20F3N3O2/c1-10(23-18(27)16-9-17(26)25-11(2)24-16)12-7-8-15(19(20,21)22)14-6-4-3-5-13(12)14/h3-8,10-11,16,24H,9H2,1-2H3,(H,23,27)(H,25,26)/t10-,11?,16?/m1/s1. The van der Waals surface area contributed by atoms with E-state index in [0.717, 1.165) is 6.07 Å². The van der Waals surface area contributed by atoms with E-state index in [1.807, 2.05) is 0 Å². The minimum Gasteiger partial charge on any atom is -0.348 e. The number of carbonyl (C=O) groups is 2. The molecule has 1 heterocycles. The minimum atomic E-state index is -4.46. The van der Waals surface area contributed by atoms with Crippen molar-refractivity contribution in [1.29, 1.82) is 0 Å². The van der Waals surface area contributed by atoms with Gasteiger partial charge in [-0.3, -0.25) is 14.9 Å². The molecule has 2 aromatic rings. The molecular weight excluding hydrogens is 359 g/mol. The zero-order valence-corrected chi connectivity index (χ0v) is 14.9.